The Balaban J connectivity index is 0.000000531. The van der Waals surface area contributed by atoms with Crippen molar-refractivity contribution in [1.82, 2.24) is 0 Å². The molecule has 74 valence electrons. The molecule has 0 amide bonds. The number of hydrogen-bond acceptors (Lipinski definition) is 1. The molecule has 0 fully saturated rings. The maximum atomic E-state index is 5.40. The number of ether oxygens (including phenoxy) is 1. The van der Waals surface area contributed by atoms with E-state index in [1.165, 1.54) is 27.1 Å². The van der Waals surface area contributed by atoms with Crippen molar-refractivity contribution in [2.24, 2.45) is 0 Å². The second-order valence-electron chi connectivity index (χ2n) is 2.87. The SMILES string of the molecule is CCOc1ccc2c[c-]ccc2c1.[Zn+][Br]. The normalized spacial score (nSPS) is 9.33. The van der Waals surface area contributed by atoms with Crippen molar-refractivity contribution in [3.8, 4) is 5.75 Å². The Morgan fingerprint density at radius 2 is 2.07 bits per heavy atom. The molecule has 15 heavy (non-hydrogen) atoms. The monoisotopic (exact) mass is 314 g/mol. The fourth-order valence-electron chi connectivity index (χ4n) is 1.36. The third kappa shape index (κ3) is 3.58. The maximum absolute atomic E-state index is 5.40. The van der Waals surface area contributed by atoms with Crippen molar-refractivity contribution in [2.45, 2.75) is 6.92 Å². The fraction of sp³-hybridized carbons (Fsp3) is 0.167. The fourth-order valence-corrected chi connectivity index (χ4v) is 1.36. The van der Waals surface area contributed by atoms with Crippen LogP contribution in [0.15, 0.2) is 36.4 Å². The molecule has 0 bridgehead atoms. The molecule has 0 saturated carbocycles. The molecule has 0 aliphatic carbocycles. The van der Waals surface area contributed by atoms with E-state index in [0.717, 1.165) is 5.75 Å². The van der Waals surface area contributed by atoms with Gasteiger partial charge in [0.05, 0.1) is 6.61 Å². The van der Waals surface area contributed by atoms with E-state index in [0.29, 0.717) is 6.61 Å². The molecule has 3 heteroatoms. The van der Waals surface area contributed by atoms with Crippen LogP contribution in [0.5, 0.6) is 5.75 Å². The molecule has 0 atom stereocenters. The Kier molecular flexibility index (Phi) is 5.89. The topological polar surface area (TPSA) is 9.23 Å². The Morgan fingerprint density at radius 3 is 2.80 bits per heavy atom. The summed E-state index contributed by atoms with van der Waals surface area (Å²) in [5.74, 6) is 0.932. The third-order valence-corrected chi connectivity index (χ3v) is 1.97. The molecule has 0 N–H and O–H groups in total. The Labute approximate surface area is 107 Å². The number of fused-ring (bicyclic) bond motifs is 1. The molecule has 2 aromatic rings. The van der Waals surface area contributed by atoms with Crippen LogP contribution in [0.1, 0.15) is 6.92 Å². The number of benzene rings is 2. The first-order valence-corrected chi connectivity index (χ1v) is 11.6. The van der Waals surface area contributed by atoms with Gasteiger partial charge in [0, 0.05) is 0 Å². The first-order chi connectivity index (χ1) is 7.40. The summed E-state index contributed by atoms with van der Waals surface area (Å²) < 4.78 is 5.40. The van der Waals surface area contributed by atoms with Crippen molar-refractivity contribution in [3.05, 3.63) is 42.5 Å². The minimum absolute atomic E-state index is 0.713. The van der Waals surface area contributed by atoms with Crippen LogP contribution in [0.4, 0.5) is 0 Å². The van der Waals surface area contributed by atoms with E-state index in [1.807, 2.05) is 37.3 Å². The molecule has 0 spiro atoms. The second kappa shape index (κ2) is 6.97. The average Bonchev–Trinajstić information content (AvgIpc) is 2.32. The van der Waals surface area contributed by atoms with Gasteiger partial charge in [-0.25, -0.2) is 0 Å². The molecule has 0 unspecified atom stereocenters. The van der Waals surface area contributed by atoms with Crippen LogP contribution in [0.2, 0.25) is 0 Å². The van der Waals surface area contributed by atoms with Crippen molar-refractivity contribution in [1.29, 1.82) is 0 Å². The van der Waals surface area contributed by atoms with E-state index in [2.05, 4.69) is 25.8 Å². The van der Waals surface area contributed by atoms with E-state index in [9.17, 15) is 0 Å². The van der Waals surface area contributed by atoms with Gasteiger partial charge in [-0.2, -0.15) is 24.3 Å². The molecule has 2 rings (SSSR count). The summed E-state index contributed by atoms with van der Waals surface area (Å²) in [4.78, 5) is 0. The van der Waals surface area contributed by atoms with Crippen LogP contribution >= 0.6 is 13.6 Å². The molecule has 0 radical (unpaired) electrons. The number of rotatable bonds is 2. The van der Waals surface area contributed by atoms with Crippen LogP contribution in [0.25, 0.3) is 10.8 Å². The van der Waals surface area contributed by atoms with E-state index in [4.69, 9.17) is 4.74 Å². The molecule has 1 nitrogen and oxygen atoms in total. The summed E-state index contributed by atoms with van der Waals surface area (Å²) in [6.45, 7) is 2.70. The minimum atomic E-state index is 0.713. The zero-order chi connectivity index (χ0) is 11.1. The van der Waals surface area contributed by atoms with E-state index in [-0.39, 0.29) is 0 Å². The van der Waals surface area contributed by atoms with Gasteiger partial charge in [0.15, 0.2) is 0 Å². The molecule has 0 aliphatic heterocycles. The van der Waals surface area contributed by atoms with Gasteiger partial charge < -0.3 is 4.74 Å². The van der Waals surface area contributed by atoms with E-state index < -0.39 is 0 Å². The summed E-state index contributed by atoms with van der Waals surface area (Å²) in [5.41, 5.74) is 0. The Bertz CT molecular complexity index is 417. The zero-order valence-corrected chi connectivity index (χ0v) is 13.2. The van der Waals surface area contributed by atoms with Gasteiger partial charge in [-0.05, 0) is 19.1 Å². The first kappa shape index (κ1) is 12.7. The quantitative estimate of drug-likeness (QED) is 0.603. The molecule has 0 saturated heterocycles. The van der Waals surface area contributed by atoms with Crippen molar-refractivity contribution in [2.75, 3.05) is 6.61 Å². The van der Waals surface area contributed by atoms with Gasteiger partial charge in [-0.3, -0.25) is 0 Å². The van der Waals surface area contributed by atoms with Gasteiger partial charge in [-0.1, -0.05) is 0 Å². The first-order valence-electron chi connectivity index (χ1n) is 4.69. The van der Waals surface area contributed by atoms with Gasteiger partial charge >= 0.3 is 30.0 Å². The van der Waals surface area contributed by atoms with Crippen LogP contribution < -0.4 is 4.74 Å². The predicted molar refractivity (Wildman–Crippen MR) is 62.9 cm³/mol. The Morgan fingerprint density at radius 1 is 1.27 bits per heavy atom. The summed E-state index contributed by atoms with van der Waals surface area (Å²) in [7, 11) is 0. The summed E-state index contributed by atoms with van der Waals surface area (Å²) in [5, 5.41) is 2.40. The van der Waals surface area contributed by atoms with Gasteiger partial charge in [0.2, 0.25) is 0 Å². The summed E-state index contributed by atoms with van der Waals surface area (Å²) in [6, 6.07) is 15.1. The summed E-state index contributed by atoms with van der Waals surface area (Å²) in [6.07, 6.45) is 0. The molecule has 0 aromatic heterocycles. The van der Waals surface area contributed by atoms with Crippen molar-refractivity contribution in [3.63, 3.8) is 0 Å². The van der Waals surface area contributed by atoms with Crippen LogP contribution in [0.3, 0.4) is 0 Å². The predicted octanol–water partition coefficient (Wildman–Crippen LogP) is 3.88. The number of halogens is 1. The van der Waals surface area contributed by atoms with Gasteiger partial charge in [-0.15, -0.1) is 16.8 Å². The van der Waals surface area contributed by atoms with Crippen molar-refractivity contribution < 1.29 is 21.1 Å². The molecule has 0 aliphatic rings. The number of hydrogen-bond donors (Lipinski definition) is 0. The van der Waals surface area contributed by atoms with E-state index >= 15 is 0 Å². The molecular weight excluding hydrogens is 305 g/mol. The third-order valence-electron chi connectivity index (χ3n) is 1.97. The zero-order valence-electron chi connectivity index (χ0n) is 8.66. The van der Waals surface area contributed by atoms with Gasteiger partial charge in [0.1, 0.15) is 5.75 Å². The molecule has 0 heterocycles. The molecule has 2 aromatic carbocycles. The molecular formula is C12H11BrOZn. The summed E-state index contributed by atoms with van der Waals surface area (Å²) >= 11 is 4.25. The van der Waals surface area contributed by atoms with Crippen LogP contribution in [-0.2, 0) is 16.3 Å². The van der Waals surface area contributed by atoms with E-state index in [1.54, 1.807) is 0 Å². The van der Waals surface area contributed by atoms with Gasteiger partial charge in [0.25, 0.3) is 0 Å². The average molecular weight is 317 g/mol. The second-order valence-corrected chi connectivity index (χ2v) is 2.87. The van der Waals surface area contributed by atoms with Crippen molar-refractivity contribution >= 4 is 24.4 Å². The van der Waals surface area contributed by atoms with Crippen LogP contribution in [0, 0.1) is 6.07 Å². The Hall–Kier alpha value is -0.397. The van der Waals surface area contributed by atoms with Crippen LogP contribution in [-0.4, -0.2) is 6.61 Å². The standard InChI is InChI=1S/C12H11O.BrH.Zn/c1-2-13-12-8-7-10-5-3-4-6-11(10)9-12;;/h4-9H,2H2,1H3;1H;/q-1;;+2/p-1.